The van der Waals surface area contributed by atoms with Crippen LogP contribution in [0.3, 0.4) is 0 Å². The molecule has 1 fully saturated rings. The van der Waals surface area contributed by atoms with Gasteiger partial charge in [-0.1, -0.05) is 81.6 Å². The van der Waals surface area contributed by atoms with Crippen LogP contribution in [0.1, 0.15) is 81.0 Å². The van der Waals surface area contributed by atoms with Gasteiger partial charge in [0.15, 0.2) is 0 Å². The minimum atomic E-state index is -0.197. The first-order valence-electron chi connectivity index (χ1n) is 11.4. The van der Waals surface area contributed by atoms with Gasteiger partial charge in [-0.05, 0) is 73.8 Å². The monoisotopic (exact) mass is 390 g/mol. The fourth-order valence-corrected chi connectivity index (χ4v) is 4.64. The first kappa shape index (κ1) is 21.6. The SMILES string of the molecule is CCCCC1CCC(C(C)Cc2ccc(C#Cc3ccc(C)cc3)c(F)c2)CC1. The molecule has 0 nitrogen and oxygen atoms in total. The van der Waals surface area contributed by atoms with Gasteiger partial charge in [0.1, 0.15) is 5.82 Å². The first-order chi connectivity index (χ1) is 14.0. The molecule has 0 heterocycles. The van der Waals surface area contributed by atoms with Crippen molar-refractivity contribution in [3.05, 3.63) is 70.5 Å². The van der Waals surface area contributed by atoms with Gasteiger partial charge in [-0.25, -0.2) is 4.39 Å². The maximum Gasteiger partial charge on any atom is 0.139 e. The minimum Gasteiger partial charge on any atom is -0.206 e. The number of rotatable bonds is 6. The van der Waals surface area contributed by atoms with E-state index in [2.05, 4.69) is 38.7 Å². The molecule has 3 rings (SSSR count). The molecule has 2 aromatic rings. The van der Waals surface area contributed by atoms with Gasteiger partial charge in [0.25, 0.3) is 0 Å². The van der Waals surface area contributed by atoms with Crippen molar-refractivity contribution in [2.24, 2.45) is 17.8 Å². The average Bonchev–Trinajstić information content (AvgIpc) is 2.73. The van der Waals surface area contributed by atoms with E-state index in [1.807, 2.05) is 30.3 Å². The van der Waals surface area contributed by atoms with Crippen LogP contribution < -0.4 is 0 Å². The Labute approximate surface area is 176 Å². The van der Waals surface area contributed by atoms with Gasteiger partial charge in [-0.3, -0.25) is 0 Å². The summed E-state index contributed by atoms with van der Waals surface area (Å²) in [5.74, 6) is 8.21. The molecule has 29 heavy (non-hydrogen) atoms. The Morgan fingerprint density at radius 2 is 1.72 bits per heavy atom. The van der Waals surface area contributed by atoms with Crippen LogP contribution in [0.15, 0.2) is 42.5 Å². The summed E-state index contributed by atoms with van der Waals surface area (Å²) in [6.07, 6.45) is 10.5. The molecule has 0 bridgehead atoms. The highest BCUT2D eigenvalue weighted by molar-refractivity contribution is 5.44. The Morgan fingerprint density at radius 1 is 1.00 bits per heavy atom. The molecule has 0 spiro atoms. The normalized spacial score (nSPS) is 20.0. The lowest BCUT2D eigenvalue weighted by Gasteiger charge is -2.32. The van der Waals surface area contributed by atoms with Crippen molar-refractivity contribution < 1.29 is 4.39 Å². The van der Waals surface area contributed by atoms with Crippen molar-refractivity contribution in [1.29, 1.82) is 0 Å². The highest BCUT2D eigenvalue weighted by atomic mass is 19.1. The van der Waals surface area contributed by atoms with Gasteiger partial charge < -0.3 is 0 Å². The molecule has 0 aromatic heterocycles. The quantitative estimate of drug-likeness (QED) is 0.443. The Bertz CT molecular complexity index is 829. The van der Waals surface area contributed by atoms with Crippen molar-refractivity contribution in [3.63, 3.8) is 0 Å². The van der Waals surface area contributed by atoms with E-state index in [0.29, 0.717) is 11.5 Å². The van der Waals surface area contributed by atoms with E-state index < -0.39 is 0 Å². The molecular weight excluding hydrogens is 355 g/mol. The maximum atomic E-state index is 14.6. The summed E-state index contributed by atoms with van der Waals surface area (Å²) in [4.78, 5) is 0. The van der Waals surface area contributed by atoms with Crippen molar-refractivity contribution in [1.82, 2.24) is 0 Å². The highest BCUT2D eigenvalue weighted by Crippen LogP contribution is 2.36. The van der Waals surface area contributed by atoms with Gasteiger partial charge in [-0.2, -0.15) is 0 Å². The lowest BCUT2D eigenvalue weighted by atomic mass is 9.73. The summed E-state index contributed by atoms with van der Waals surface area (Å²) in [6.45, 7) is 6.68. The van der Waals surface area contributed by atoms with Gasteiger partial charge in [0.2, 0.25) is 0 Å². The Morgan fingerprint density at radius 3 is 2.38 bits per heavy atom. The van der Waals surface area contributed by atoms with E-state index in [0.717, 1.165) is 29.4 Å². The topological polar surface area (TPSA) is 0 Å². The molecule has 1 aliphatic carbocycles. The third-order valence-electron chi connectivity index (χ3n) is 6.65. The summed E-state index contributed by atoms with van der Waals surface area (Å²) in [6, 6.07) is 13.6. The fourth-order valence-electron chi connectivity index (χ4n) is 4.64. The van der Waals surface area contributed by atoms with Crippen molar-refractivity contribution in [2.75, 3.05) is 0 Å². The molecule has 1 heteroatoms. The summed E-state index contributed by atoms with van der Waals surface area (Å²) in [5.41, 5.74) is 3.71. The zero-order valence-corrected chi connectivity index (χ0v) is 18.3. The van der Waals surface area contributed by atoms with Crippen molar-refractivity contribution in [3.8, 4) is 11.8 Å². The maximum absolute atomic E-state index is 14.6. The zero-order valence-electron chi connectivity index (χ0n) is 18.3. The lowest BCUT2D eigenvalue weighted by Crippen LogP contribution is -2.21. The molecule has 1 saturated carbocycles. The molecule has 1 unspecified atom stereocenters. The number of unbranched alkanes of at least 4 members (excludes halogenated alkanes) is 1. The van der Waals surface area contributed by atoms with Crippen LogP contribution in [0.5, 0.6) is 0 Å². The average molecular weight is 391 g/mol. The van der Waals surface area contributed by atoms with Crippen molar-refractivity contribution >= 4 is 0 Å². The molecule has 0 N–H and O–H groups in total. The third kappa shape index (κ3) is 6.46. The molecule has 0 amide bonds. The van der Waals surface area contributed by atoms with E-state index in [4.69, 9.17) is 0 Å². The van der Waals surface area contributed by atoms with E-state index in [9.17, 15) is 4.39 Å². The van der Waals surface area contributed by atoms with Gasteiger partial charge in [0, 0.05) is 5.56 Å². The van der Waals surface area contributed by atoms with E-state index in [1.165, 1.54) is 50.5 Å². The van der Waals surface area contributed by atoms with Crippen molar-refractivity contribution in [2.45, 2.75) is 72.1 Å². The minimum absolute atomic E-state index is 0.197. The van der Waals surface area contributed by atoms with Crippen LogP contribution in [-0.4, -0.2) is 0 Å². The molecular formula is C28H35F. The summed E-state index contributed by atoms with van der Waals surface area (Å²) in [5, 5.41) is 0. The fraction of sp³-hybridized carbons (Fsp3) is 0.500. The van der Waals surface area contributed by atoms with Gasteiger partial charge >= 0.3 is 0 Å². The Kier molecular flexibility index (Phi) is 7.93. The predicted molar refractivity (Wildman–Crippen MR) is 121 cm³/mol. The number of benzene rings is 2. The highest BCUT2D eigenvalue weighted by Gasteiger charge is 2.25. The van der Waals surface area contributed by atoms with Crippen LogP contribution >= 0.6 is 0 Å². The number of halogens is 1. The van der Waals surface area contributed by atoms with E-state index in [1.54, 1.807) is 6.07 Å². The zero-order chi connectivity index (χ0) is 20.6. The lowest BCUT2D eigenvalue weighted by molar-refractivity contribution is 0.204. The standard InChI is InChI=1S/C28H35F/c1-4-5-6-23-11-15-26(16-12-23)22(3)19-25-14-18-27(28(29)20-25)17-13-24-9-7-21(2)8-10-24/h7-10,14,18,20,22-23,26H,4-6,11-12,15-16,19H2,1-3H3. The van der Waals surface area contributed by atoms with Crippen LogP contribution in [0, 0.1) is 42.3 Å². The van der Waals surface area contributed by atoms with Gasteiger partial charge in [-0.15, -0.1) is 0 Å². The summed E-state index contributed by atoms with van der Waals surface area (Å²) < 4.78 is 14.6. The second-order valence-corrected chi connectivity index (χ2v) is 9.03. The molecule has 0 aliphatic heterocycles. The molecule has 1 aliphatic rings. The molecule has 0 radical (unpaired) electrons. The molecule has 1 atom stereocenters. The number of hydrogen-bond donors (Lipinski definition) is 0. The summed E-state index contributed by atoms with van der Waals surface area (Å²) >= 11 is 0. The van der Waals surface area contributed by atoms with Gasteiger partial charge in [0.05, 0.1) is 5.56 Å². The first-order valence-corrected chi connectivity index (χ1v) is 11.4. The van der Waals surface area contributed by atoms with Crippen LogP contribution in [0.2, 0.25) is 0 Å². The molecule has 2 aromatic carbocycles. The smallest absolute Gasteiger partial charge is 0.139 e. The number of aryl methyl sites for hydroxylation is 1. The second-order valence-electron chi connectivity index (χ2n) is 9.03. The number of hydrogen-bond acceptors (Lipinski definition) is 0. The van der Waals surface area contributed by atoms with E-state index >= 15 is 0 Å². The second kappa shape index (κ2) is 10.6. The largest absolute Gasteiger partial charge is 0.206 e. The molecule has 154 valence electrons. The van der Waals surface area contributed by atoms with Crippen LogP contribution in [0.25, 0.3) is 0 Å². The Balaban J connectivity index is 1.56. The van der Waals surface area contributed by atoms with E-state index in [-0.39, 0.29) is 5.82 Å². The molecule has 0 saturated heterocycles. The third-order valence-corrected chi connectivity index (χ3v) is 6.65. The predicted octanol–water partition coefficient (Wildman–Crippen LogP) is 7.71. The summed E-state index contributed by atoms with van der Waals surface area (Å²) in [7, 11) is 0. The van der Waals surface area contributed by atoms with Crippen LogP contribution in [-0.2, 0) is 6.42 Å². The van der Waals surface area contributed by atoms with Crippen LogP contribution in [0.4, 0.5) is 4.39 Å². The Hall–Kier alpha value is -2.07.